The molecule has 3 atom stereocenters. The molecule has 6 rings (SSSR count). The highest BCUT2D eigenvalue weighted by Crippen LogP contribution is 2.47. The van der Waals surface area contributed by atoms with Crippen molar-refractivity contribution in [1.82, 2.24) is 14.9 Å². The first-order valence-corrected chi connectivity index (χ1v) is 20.5. The van der Waals surface area contributed by atoms with Gasteiger partial charge in [0, 0.05) is 35.5 Å². The van der Waals surface area contributed by atoms with Gasteiger partial charge in [-0.2, -0.15) is 28.4 Å². The summed E-state index contributed by atoms with van der Waals surface area (Å²) in [6, 6.07) is 5.12. The zero-order valence-corrected chi connectivity index (χ0v) is 34.9. The minimum absolute atomic E-state index is 0.0201. The predicted molar refractivity (Wildman–Crippen MR) is 218 cm³/mol. The molecule has 2 aliphatic rings. The fraction of sp³-hybridized carbons (Fsp3) is 0.561. The number of unbranched alkanes of at least 4 members (excludes halogenated alkanes) is 2. The number of rotatable bonds is 10. The molecule has 308 valence electrons. The number of fused-ring (bicyclic) bond motifs is 3. The fourth-order valence-corrected chi connectivity index (χ4v) is 7.83. The van der Waals surface area contributed by atoms with E-state index >= 15 is 4.39 Å². The van der Waals surface area contributed by atoms with Gasteiger partial charge in [-0.1, -0.05) is 65.9 Å². The van der Waals surface area contributed by atoms with Crippen LogP contribution in [-0.2, 0) is 11.0 Å². The van der Waals surface area contributed by atoms with E-state index in [2.05, 4.69) is 47.9 Å². The van der Waals surface area contributed by atoms with E-state index in [1.807, 2.05) is 0 Å². The number of nitriles is 1. The fourth-order valence-electron chi connectivity index (χ4n) is 6.88. The number of hydrogen-bond donors (Lipinski definition) is 2. The van der Waals surface area contributed by atoms with Crippen LogP contribution in [0.25, 0.3) is 32.1 Å². The average Bonchev–Trinajstić information content (AvgIpc) is 3.85. The number of Topliss-reactive ketones (excluding diaryl/α,β-unsaturated/α-hetero) is 1. The van der Waals surface area contributed by atoms with Gasteiger partial charge in [0.1, 0.15) is 34.0 Å². The van der Waals surface area contributed by atoms with Crippen LogP contribution in [0.2, 0.25) is 0 Å². The van der Waals surface area contributed by atoms with Crippen molar-refractivity contribution in [2.75, 3.05) is 43.7 Å². The molecule has 8 nitrogen and oxygen atoms in total. The third kappa shape index (κ3) is 11.9. The number of carbonyl (C=O) groups is 1. The van der Waals surface area contributed by atoms with Gasteiger partial charge in [0.05, 0.1) is 28.8 Å². The molecule has 3 N–H and O–H groups in total. The molecule has 0 radical (unpaired) electrons. The third-order valence-electron chi connectivity index (χ3n) is 9.85. The molecule has 0 amide bonds. The lowest BCUT2D eigenvalue weighted by molar-refractivity contribution is -0.137. The summed E-state index contributed by atoms with van der Waals surface area (Å²) in [6.07, 6.45) is 6.41. The molecule has 0 saturated carbocycles. The number of methoxy groups -OCH3 is 1. The number of ketones is 1. The molecule has 56 heavy (non-hydrogen) atoms. The number of thiophene rings is 1. The molecule has 15 heteroatoms. The van der Waals surface area contributed by atoms with Gasteiger partial charge in [-0.3, -0.25) is 4.79 Å². The largest absolute Gasteiger partial charge is 0.467 e. The van der Waals surface area contributed by atoms with Crippen molar-refractivity contribution in [2.24, 2.45) is 11.8 Å². The monoisotopic (exact) mass is 824 g/mol. The molecule has 2 fully saturated rings. The molecule has 4 aromatic rings. The van der Waals surface area contributed by atoms with E-state index in [1.54, 1.807) is 13.0 Å². The van der Waals surface area contributed by atoms with Crippen LogP contribution in [0.3, 0.4) is 0 Å². The smallest absolute Gasteiger partial charge is 0.417 e. The Morgan fingerprint density at radius 2 is 1.91 bits per heavy atom. The Morgan fingerprint density at radius 3 is 2.46 bits per heavy atom. The van der Waals surface area contributed by atoms with E-state index in [9.17, 15) is 27.6 Å². The predicted octanol–water partition coefficient (Wildman–Crippen LogP) is 11.6. The molecule has 0 aliphatic carbocycles. The second kappa shape index (κ2) is 21.6. The Hall–Kier alpha value is -3.80. The number of benzene rings is 2. The van der Waals surface area contributed by atoms with Crippen LogP contribution >= 0.6 is 22.9 Å². The van der Waals surface area contributed by atoms with Crippen molar-refractivity contribution in [2.45, 2.75) is 105 Å². The molecular formula is C41H54ClF5N6O2S. The zero-order chi connectivity index (χ0) is 41.7. The lowest BCUT2D eigenvalue weighted by Gasteiger charge is -2.18. The minimum atomic E-state index is -5.00. The van der Waals surface area contributed by atoms with Crippen LogP contribution in [0.15, 0.2) is 18.2 Å². The quantitative estimate of drug-likeness (QED) is 0.0922. The number of anilines is 2. The van der Waals surface area contributed by atoms with E-state index in [0.29, 0.717) is 11.3 Å². The Balaban J connectivity index is 0.000000294. The number of carbonyl (C=O) groups excluding carboxylic acids is 1. The van der Waals surface area contributed by atoms with Crippen molar-refractivity contribution < 1.29 is 31.5 Å². The summed E-state index contributed by atoms with van der Waals surface area (Å²) in [5.41, 5.74) is 2.59. The van der Waals surface area contributed by atoms with Crippen LogP contribution in [0.1, 0.15) is 104 Å². The first kappa shape index (κ1) is 46.6. The summed E-state index contributed by atoms with van der Waals surface area (Å²) >= 11 is 5.68. The summed E-state index contributed by atoms with van der Waals surface area (Å²) in [7, 11) is 1.23. The number of halogens is 6. The van der Waals surface area contributed by atoms with Crippen molar-refractivity contribution >= 4 is 60.5 Å². The van der Waals surface area contributed by atoms with Crippen LogP contribution < -0.4 is 15.8 Å². The number of alkyl halides is 4. The van der Waals surface area contributed by atoms with Gasteiger partial charge in [-0.25, -0.2) is 8.78 Å². The van der Waals surface area contributed by atoms with Crippen LogP contribution in [0, 0.1) is 34.8 Å². The zero-order valence-electron chi connectivity index (χ0n) is 33.3. The molecule has 0 bridgehead atoms. The summed E-state index contributed by atoms with van der Waals surface area (Å²) in [4.78, 5) is 20.2. The average molecular weight is 825 g/mol. The van der Waals surface area contributed by atoms with Crippen LogP contribution in [0.4, 0.5) is 32.8 Å². The lowest BCUT2D eigenvalue weighted by Crippen LogP contribution is -2.22. The summed E-state index contributed by atoms with van der Waals surface area (Å²) < 4.78 is 77.6. The topological polar surface area (TPSA) is 117 Å². The number of hydrogen-bond acceptors (Lipinski definition) is 9. The van der Waals surface area contributed by atoms with Gasteiger partial charge in [0.2, 0.25) is 0 Å². The highest BCUT2D eigenvalue weighted by atomic mass is 35.5. The van der Waals surface area contributed by atoms with Crippen molar-refractivity contribution in [1.29, 1.82) is 5.26 Å². The van der Waals surface area contributed by atoms with Gasteiger partial charge in [-0.05, 0) is 69.2 Å². The van der Waals surface area contributed by atoms with Gasteiger partial charge >= 0.3 is 12.2 Å². The van der Waals surface area contributed by atoms with Crippen LogP contribution in [0.5, 0.6) is 6.01 Å². The normalized spacial score (nSPS) is 16.8. The van der Waals surface area contributed by atoms with E-state index in [4.69, 9.17) is 22.1 Å². The highest BCUT2D eigenvalue weighted by Gasteiger charge is 2.38. The minimum Gasteiger partial charge on any atom is -0.467 e. The van der Waals surface area contributed by atoms with Gasteiger partial charge in [0.15, 0.2) is 5.82 Å². The van der Waals surface area contributed by atoms with Crippen LogP contribution in [-0.4, -0.2) is 59.3 Å². The molecule has 0 spiro atoms. The molecule has 2 aromatic heterocycles. The summed E-state index contributed by atoms with van der Waals surface area (Å²) in [6.45, 7) is 15.4. The molecule has 2 saturated heterocycles. The molecule has 4 heterocycles. The van der Waals surface area contributed by atoms with Gasteiger partial charge in [0.25, 0.3) is 0 Å². The Bertz CT molecular complexity index is 1960. The Labute approximate surface area is 336 Å². The lowest BCUT2D eigenvalue weighted by atomic mass is 9.92. The molecule has 2 unspecified atom stereocenters. The molecule has 2 aliphatic heterocycles. The molecule has 2 aromatic carbocycles. The number of ether oxygens (including phenoxy) is 1. The SMILES string of the molecule is CC(=O)CCl.CCCCCC(C)CC.CCNc1nc(OC)nc2c(F)c(-c3ccc(F)c4sc(N)c(C#N)c34)c(C(F)(F)F)cc12.C[C@@H]1CC2CCCN2C1. The second-order valence-corrected chi connectivity index (χ2v) is 15.6. The van der Waals surface area contributed by atoms with Crippen molar-refractivity contribution in [3.63, 3.8) is 0 Å². The Morgan fingerprint density at radius 1 is 1.21 bits per heavy atom. The maximum atomic E-state index is 15.9. The van der Waals surface area contributed by atoms with Gasteiger partial charge in [-0.15, -0.1) is 22.9 Å². The van der Waals surface area contributed by atoms with E-state index < -0.39 is 34.5 Å². The standard InChI is InChI=1S/C21H14F5N5OS.C9H20.C8H15N.C3H5ClO/c1-3-29-19-9-6-11(21(24,25)26)14(15(23)16(9)30-20(31-19)32-2)8-4-5-12(22)17-13(8)10(7-27)18(28)33-17;1-4-6-7-8-9(3)5-2;1-7-5-8-3-2-4-9(8)6-7;1-3(5)2-4/h4-6H,3,28H2,1-2H3,(H,29,30,31);9H,4-8H2,1-3H3;7-8H,2-6H2,1H3;2H2,1H3/t;;7-,8?;/m..1./s1. The first-order valence-electron chi connectivity index (χ1n) is 19.2. The first-order chi connectivity index (χ1) is 26.6. The van der Waals surface area contributed by atoms with Crippen molar-refractivity contribution in [3.05, 3.63) is 41.0 Å². The second-order valence-electron chi connectivity index (χ2n) is 14.3. The Kier molecular flexibility index (Phi) is 18.0. The van der Waals surface area contributed by atoms with E-state index in [1.165, 1.54) is 78.5 Å². The number of nitrogen functional groups attached to an aromatic ring is 1. The van der Waals surface area contributed by atoms with E-state index in [0.717, 1.165) is 36.1 Å². The number of nitrogens with two attached hydrogens (primary N) is 1. The summed E-state index contributed by atoms with van der Waals surface area (Å²) in [5.74, 6) is -0.0584. The van der Waals surface area contributed by atoms with Crippen molar-refractivity contribution in [3.8, 4) is 23.2 Å². The third-order valence-corrected chi connectivity index (χ3v) is 11.3. The summed E-state index contributed by atoms with van der Waals surface area (Å²) in [5, 5.41) is 11.8. The number of aromatic nitrogens is 2. The number of nitrogens with one attached hydrogen (secondary N) is 1. The maximum absolute atomic E-state index is 15.9. The van der Waals surface area contributed by atoms with E-state index in [-0.39, 0.29) is 61.6 Å². The van der Waals surface area contributed by atoms with Gasteiger partial charge < -0.3 is 20.7 Å². The maximum Gasteiger partial charge on any atom is 0.417 e. The molecular weight excluding hydrogens is 771 g/mol. The number of nitrogens with zero attached hydrogens (tertiary/aromatic N) is 4. The highest BCUT2D eigenvalue weighted by molar-refractivity contribution is 7.23.